The number of rotatable bonds is 3. The minimum Gasteiger partial charge on any atom is -0.423 e. The molecule has 8 heteroatoms. The molecule has 5 nitrogen and oxygen atoms in total. The molecule has 0 aliphatic carbocycles. The molecule has 0 aliphatic rings. The summed E-state index contributed by atoms with van der Waals surface area (Å²) in [5.74, 6) is -0.122. The molecule has 0 radical (unpaired) electrons. The fourth-order valence-corrected chi connectivity index (χ4v) is 3.35. The summed E-state index contributed by atoms with van der Waals surface area (Å²) >= 11 is 4.39. The SMILES string of the molecule is Cc1ccc(S(=O)(=O)C(C)(C)C)c(OP(O)(O)=S)c1. The van der Waals surface area contributed by atoms with Crippen LogP contribution in [0, 0.1) is 6.92 Å². The molecule has 1 aromatic rings. The van der Waals surface area contributed by atoms with E-state index in [4.69, 9.17) is 4.52 Å². The Morgan fingerprint density at radius 2 is 1.79 bits per heavy atom. The fourth-order valence-electron chi connectivity index (χ4n) is 1.37. The van der Waals surface area contributed by atoms with Crippen LogP contribution in [0.4, 0.5) is 0 Å². The van der Waals surface area contributed by atoms with Crippen LogP contribution in [0.3, 0.4) is 0 Å². The molecule has 2 N–H and O–H groups in total. The molecule has 0 aliphatic heterocycles. The van der Waals surface area contributed by atoms with Crippen LogP contribution in [-0.4, -0.2) is 23.0 Å². The van der Waals surface area contributed by atoms with E-state index in [0.717, 1.165) is 5.56 Å². The zero-order chi connectivity index (χ0) is 15.1. The molecule has 0 fully saturated rings. The summed E-state index contributed by atoms with van der Waals surface area (Å²) in [6.07, 6.45) is 0. The van der Waals surface area contributed by atoms with Gasteiger partial charge in [0.15, 0.2) is 9.84 Å². The van der Waals surface area contributed by atoms with Crippen LogP contribution in [0.5, 0.6) is 5.75 Å². The van der Waals surface area contributed by atoms with Gasteiger partial charge in [-0.15, -0.1) is 0 Å². The van der Waals surface area contributed by atoms with Crippen molar-refractivity contribution < 1.29 is 22.7 Å². The monoisotopic (exact) mass is 324 g/mol. The fraction of sp³-hybridized carbons (Fsp3) is 0.455. The van der Waals surface area contributed by atoms with Gasteiger partial charge in [-0.3, -0.25) is 0 Å². The lowest BCUT2D eigenvalue weighted by Gasteiger charge is -2.22. The molecule has 108 valence electrons. The van der Waals surface area contributed by atoms with Crippen molar-refractivity contribution >= 4 is 28.4 Å². The van der Waals surface area contributed by atoms with Crippen molar-refractivity contribution in [3.05, 3.63) is 23.8 Å². The van der Waals surface area contributed by atoms with Crippen LogP contribution in [0.25, 0.3) is 0 Å². The molecule has 0 bridgehead atoms. The average molecular weight is 324 g/mol. The van der Waals surface area contributed by atoms with Crippen molar-refractivity contribution in [2.75, 3.05) is 0 Å². The first-order chi connectivity index (χ1) is 8.34. The Hall–Kier alpha value is -0.460. The molecule has 0 heterocycles. The van der Waals surface area contributed by atoms with Crippen molar-refractivity contribution in [3.63, 3.8) is 0 Å². The molecule has 0 saturated heterocycles. The maximum atomic E-state index is 12.4. The zero-order valence-corrected chi connectivity index (χ0v) is 13.6. The van der Waals surface area contributed by atoms with Gasteiger partial charge in [-0.2, -0.15) is 0 Å². The van der Waals surface area contributed by atoms with Gasteiger partial charge in [0.1, 0.15) is 10.6 Å². The minimum absolute atomic E-state index is 0.0945. The van der Waals surface area contributed by atoms with E-state index >= 15 is 0 Å². The molecule has 0 amide bonds. The Kier molecular flexibility index (Phi) is 4.49. The Morgan fingerprint density at radius 1 is 1.26 bits per heavy atom. The topological polar surface area (TPSA) is 83.8 Å². The third-order valence-electron chi connectivity index (χ3n) is 2.41. The van der Waals surface area contributed by atoms with Gasteiger partial charge in [-0.1, -0.05) is 6.07 Å². The van der Waals surface area contributed by atoms with Crippen molar-refractivity contribution in [2.45, 2.75) is 37.3 Å². The van der Waals surface area contributed by atoms with Crippen molar-refractivity contribution in [3.8, 4) is 5.75 Å². The van der Waals surface area contributed by atoms with Crippen molar-refractivity contribution in [2.24, 2.45) is 0 Å². The lowest BCUT2D eigenvalue weighted by molar-refractivity contribution is 0.366. The first-order valence-corrected chi connectivity index (χ1v) is 9.56. The standard InChI is InChI=1S/C11H17O5PS2/c1-8-5-6-10(19(14,15)11(2,3)4)9(7-8)16-17(12,13)18/h5-7H,1-4H3,(H2,12,13,18). The van der Waals surface area contributed by atoms with Crippen LogP contribution < -0.4 is 4.52 Å². The maximum absolute atomic E-state index is 12.4. The second-order valence-corrected chi connectivity index (χ2v) is 10.4. The third-order valence-corrected chi connectivity index (χ3v) is 5.60. The van der Waals surface area contributed by atoms with E-state index in [1.54, 1.807) is 33.8 Å². The van der Waals surface area contributed by atoms with E-state index in [2.05, 4.69) is 11.8 Å². The number of sulfone groups is 1. The molecular weight excluding hydrogens is 307 g/mol. The number of hydrogen-bond acceptors (Lipinski definition) is 4. The Morgan fingerprint density at radius 3 is 2.21 bits per heavy atom. The lowest BCUT2D eigenvalue weighted by Crippen LogP contribution is -2.28. The van der Waals surface area contributed by atoms with Gasteiger partial charge in [0.25, 0.3) is 0 Å². The van der Waals surface area contributed by atoms with Gasteiger partial charge in [-0.25, -0.2) is 8.42 Å². The van der Waals surface area contributed by atoms with Crippen LogP contribution >= 0.6 is 6.72 Å². The highest BCUT2D eigenvalue weighted by molar-refractivity contribution is 8.06. The second-order valence-electron chi connectivity index (χ2n) is 5.15. The van der Waals surface area contributed by atoms with Crippen molar-refractivity contribution in [1.82, 2.24) is 0 Å². The molecule has 0 spiro atoms. The Bertz CT molecular complexity index is 625. The predicted octanol–water partition coefficient (Wildman–Crippen LogP) is 2.16. The molecule has 19 heavy (non-hydrogen) atoms. The van der Waals surface area contributed by atoms with Crippen molar-refractivity contribution in [1.29, 1.82) is 0 Å². The normalized spacial score (nSPS) is 13.4. The van der Waals surface area contributed by atoms with Crippen LogP contribution in [0.1, 0.15) is 26.3 Å². The van der Waals surface area contributed by atoms with E-state index in [9.17, 15) is 18.2 Å². The average Bonchev–Trinajstić information content (AvgIpc) is 2.12. The van der Waals surface area contributed by atoms with Crippen LogP contribution in [-0.2, 0) is 21.6 Å². The summed E-state index contributed by atoms with van der Waals surface area (Å²) in [7, 11) is -3.67. The molecule has 0 atom stereocenters. The summed E-state index contributed by atoms with van der Waals surface area (Å²) < 4.78 is 28.6. The molecule has 1 rings (SSSR count). The van der Waals surface area contributed by atoms with Gasteiger partial charge in [-0.05, 0) is 45.4 Å². The van der Waals surface area contributed by atoms with Crippen LogP contribution in [0.15, 0.2) is 23.1 Å². The van der Waals surface area contributed by atoms with Crippen LogP contribution in [0.2, 0.25) is 0 Å². The lowest BCUT2D eigenvalue weighted by atomic mass is 10.2. The molecule has 0 saturated carbocycles. The Labute approximate surface area is 118 Å². The van der Waals surface area contributed by atoms with Gasteiger partial charge < -0.3 is 14.3 Å². The van der Waals surface area contributed by atoms with Gasteiger partial charge in [0.05, 0.1) is 4.75 Å². The summed E-state index contributed by atoms with van der Waals surface area (Å²) in [6.45, 7) is 2.41. The molecular formula is C11H17O5PS2. The first-order valence-electron chi connectivity index (χ1n) is 5.45. The number of benzene rings is 1. The van der Waals surface area contributed by atoms with E-state index in [1.807, 2.05) is 0 Å². The van der Waals surface area contributed by atoms with E-state index in [-0.39, 0.29) is 10.6 Å². The van der Waals surface area contributed by atoms with Gasteiger partial charge in [0.2, 0.25) is 0 Å². The quantitative estimate of drug-likeness (QED) is 0.829. The smallest absolute Gasteiger partial charge is 0.375 e. The van der Waals surface area contributed by atoms with Gasteiger partial charge in [0, 0.05) is 11.8 Å². The second kappa shape index (κ2) is 5.14. The predicted molar refractivity (Wildman–Crippen MR) is 77.5 cm³/mol. The summed E-state index contributed by atoms with van der Waals surface area (Å²) in [4.78, 5) is 18.3. The number of aryl methyl sites for hydroxylation is 1. The first kappa shape index (κ1) is 16.6. The summed E-state index contributed by atoms with van der Waals surface area (Å²) in [5, 5.41) is 0. The highest BCUT2D eigenvalue weighted by Gasteiger charge is 2.34. The minimum atomic E-state index is -3.99. The van der Waals surface area contributed by atoms with Gasteiger partial charge >= 0.3 is 6.72 Å². The summed E-state index contributed by atoms with van der Waals surface area (Å²) in [5.41, 5.74) is 0.728. The van der Waals surface area contributed by atoms with E-state index < -0.39 is 21.3 Å². The molecule has 0 unspecified atom stereocenters. The largest absolute Gasteiger partial charge is 0.423 e. The molecule has 0 aromatic heterocycles. The zero-order valence-electron chi connectivity index (χ0n) is 11.1. The molecule has 1 aromatic carbocycles. The van der Waals surface area contributed by atoms with E-state index in [1.165, 1.54) is 12.1 Å². The maximum Gasteiger partial charge on any atom is 0.375 e. The number of hydrogen-bond donors (Lipinski definition) is 2. The Balaban J connectivity index is 3.50. The highest BCUT2D eigenvalue weighted by Crippen LogP contribution is 2.42. The highest BCUT2D eigenvalue weighted by atomic mass is 32.5. The third kappa shape index (κ3) is 4.00. The van der Waals surface area contributed by atoms with E-state index in [0.29, 0.717) is 0 Å². The summed E-state index contributed by atoms with van der Waals surface area (Å²) in [6, 6.07) is 4.42.